The summed E-state index contributed by atoms with van der Waals surface area (Å²) in [6.45, 7) is 3.68. The van der Waals surface area contributed by atoms with Gasteiger partial charge in [0.1, 0.15) is 0 Å². The summed E-state index contributed by atoms with van der Waals surface area (Å²) in [7, 11) is 2.11. The fourth-order valence-corrected chi connectivity index (χ4v) is 3.03. The summed E-state index contributed by atoms with van der Waals surface area (Å²) >= 11 is 5.97. The summed E-state index contributed by atoms with van der Waals surface area (Å²) in [5, 5.41) is 0.687. The van der Waals surface area contributed by atoms with Crippen LogP contribution in [0.2, 0.25) is 5.02 Å². The second-order valence-electron chi connectivity index (χ2n) is 6.13. The normalized spacial score (nSPS) is 15.7. The van der Waals surface area contributed by atoms with Crippen LogP contribution in [0.1, 0.15) is 0 Å². The van der Waals surface area contributed by atoms with Crippen LogP contribution in [0.5, 0.6) is 0 Å². The Bertz CT molecular complexity index is 905. The number of halogens is 1. The first-order valence-corrected chi connectivity index (χ1v) is 8.47. The second-order valence-corrected chi connectivity index (χ2v) is 6.57. The van der Waals surface area contributed by atoms with E-state index in [0.29, 0.717) is 16.2 Å². The predicted octanol–water partition coefficient (Wildman–Crippen LogP) is 2.07. The molecule has 7 nitrogen and oxygen atoms in total. The highest BCUT2D eigenvalue weighted by Crippen LogP contribution is 2.26. The maximum absolute atomic E-state index is 5.97. The zero-order chi connectivity index (χ0) is 17.4. The van der Waals surface area contributed by atoms with E-state index in [0.717, 1.165) is 43.3 Å². The molecule has 1 aliphatic rings. The molecule has 3 aromatic rings. The Morgan fingerprint density at radius 1 is 1.00 bits per heavy atom. The highest BCUT2D eigenvalue weighted by Gasteiger charge is 2.20. The zero-order valence-corrected chi connectivity index (χ0v) is 14.6. The molecule has 0 bridgehead atoms. The molecule has 1 aromatic carbocycles. The maximum Gasteiger partial charge on any atom is 0.224 e. The Hall–Kier alpha value is -2.51. The zero-order valence-electron chi connectivity index (χ0n) is 13.9. The van der Waals surface area contributed by atoms with E-state index in [1.54, 1.807) is 6.20 Å². The molecular weight excluding hydrogens is 338 g/mol. The van der Waals surface area contributed by atoms with Gasteiger partial charge in [0.25, 0.3) is 0 Å². The SMILES string of the molecule is CN1CCN(c2nc(N)nc3ncc(-c4ccc(Cl)cc4)nc23)CC1. The van der Waals surface area contributed by atoms with Crippen molar-refractivity contribution in [2.24, 2.45) is 0 Å². The van der Waals surface area contributed by atoms with Crippen molar-refractivity contribution in [3.63, 3.8) is 0 Å². The van der Waals surface area contributed by atoms with Gasteiger partial charge in [-0.15, -0.1) is 0 Å². The molecule has 0 saturated carbocycles. The lowest BCUT2D eigenvalue weighted by Crippen LogP contribution is -2.45. The van der Waals surface area contributed by atoms with Gasteiger partial charge in [-0.3, -0.25) is 0 Å². The summed E-state index contributed by atoms with van der Waals surface area (Å²) < 4.78 is 0. The van der Waals surface area contributed by atoms with E-state index in [2.05, 4.69) is 31.8 Å². The lowest BCUT2D eigenvalue weighted by atomic mass is 10.1. The summed E-state index contributed by atoms with van der Waals surface area (Å²) in [5.41, 5.74) is 8.77. The van der Waals surface area contributed by atoms with Gasteiger partial charge in [-0.1, -0.05) is 23.7 Å². The molecule has 2 aromatic heterocycles. The topological polar surface area (TPSA) is 84.1 Å². The van der Waals surface area contributed by atoms with Gasteiger partial charge in [0.15, 0.2) is 17.0 Å². The van der Waals surface area contributed by atoms with Gasteiger partial charge in [0, 0.05) is 36.8 Å². The Kier molecular flexibility index (Phi) is 4.10. The Balaban J connectivity index is 1.81. The van der Waals surface area contributed by atoms with Crippen molar-refractivity contribution in [3.05, 3.63) is 35.5 Å². The first kappa shape index (κ1) is 16.0. The third-order valence-corrected chi connectivity index (χ3v) is 4.60. The first-order chi connectivity index (χ1) is 12.1. The molecule has 0 atom stereocenters. The van der Waals surface area contributed by atoms with Crippen molar-refractivity contribution in [1.29, 1.82) is 0 Å². The maximum atomic E-state index is 5.97. The third-order valence-electron chi connectivity index (χ3n) is 4.35. The minimum atomic E-state index is 0.218. The van der Waals surface area contributed by atoms with E-state index >= 15 is 0 Å². The number of nitrogens with zero attached hydrogens (tertiary/aromatic N) is 6. The molecule has 25 heavy (non-hydrogen) atoms. The summed E-state index contributed by atoms with van der Waals surface area (Å²) in [5.74, 6) is 0.967. The van der Waals surface area contributed by atoms with Crippen LogP contribution in [0.25, 0.3) is 22.4 Å². The van der Waals surface area contributed by atoms with Crippen LogP contribution < -0.4 is 10.6 Å². The number of anilines is 2. The van der Waals surface area contributed by atoms with Gasteiger partial charge in [0.2, 0.25) is 5.95 Å². The molecule has 0 radical (unpaired) electrons. The number of nitrogen functional groups attached to an aromatic ring is 1. The number of rotatable bonds is 2. The molecule has 2 N–H and O–H groups in total. The van der Waals surface area contributed by atoms with Crippen LogP contribution in [0, 0.1) is 0 Å². The van der Waals surface area contributed by atoms with Crippen LogP contribution in [0.15, 0.2) is 30.5 Å². The van der Waals surface area contributed by atoms with E-state index < -0.39 is 0 Å². The van der Waals surface area contributed by atoms with E-state index in [1.165, 1.54) is 0 Å². The summed E-state index contributed by atoms with van der Waals surface area (Å²) in [4.78, 5) is 22.4. The minimum absolute atomic E-state index is 0.218. The average Bonchev–Trinajstić information content (AvgIpc) is 2.62. The number of hydrogen-bond donors (Lipinski definition) is 1. The monoisotopic (exact) mass is 355 g/mol. The molecule has 128 valence electrons. The number of aromatic nitrogens is 4. The second kappa shape index (κ2) is 6.42. The highest BCUT2D eigenvalue weighted by molar-refractivity contribution is 6.30. The quantitative estimate of drug-likeness (QED) is 0.753. The number of nitrogens with two attached hydrogens (primary N) is 1. The van der Waals surface area contributed by atoms with Crippen LogP contribution in [-0.2, 0) is 0 Å². The van der Waals surface area contributed by atoms with E-state index in [1.807, 2.05) is 24.3 Å². The van der Waals surface area contributed by atoms with Crippen molar-refractivity contribution in [3.8, 4) is 11.3 Å². The smallest absolute Gasteiger partial charge is 0.224 e. The molecule has 0 aliphatic carbocycles. The number of benzene rings is 1. The Labute approximate surface area is 150 Å². The molecule has 3 heterocycles. The Morgan fingerprint density at radius 2 is 1.72 bits per heavy atom. The predicted molar refractivity (Wildman–Crippen MR) is 99.7 cm³/mol. The number of hydrogen-bond acceptors (Lipinski definition) is 7. The highest BCUT2D eigenvalue weighted by atomic mass is 35.5. The van der Waals surface area contributed by atoms with Crippen LogP contribution in [-0.4, -0.2) is 58.1 Å². The van der Waals surface area contributed by atoms with E-state index in [-0.39, 0.29) is 5.95 Å². The third kappa shape index (κ3) is 3.20. The molecule has 0 spiro atoms. The van der Waals surface area contributed by atoms with Crippen molar-refractivity contribution in [1.82, 2.24) is 24.8 Å². The standard InChI is InChI=1S/C17H18ClN7/c1-24-6-8-25(9-7-24)16-14-15(22-17(19)23-16)20-10-13(21-14)11-2-4-12(18)5-3-11/h2-5,10H,6-9H2,1H3,(H2,19,20,22,23). The van der Waals surface area contributed by atoms with Gasteiger partial charge in [-0.05, 0) is 19.2 Å². The number of likely N-dealkylation sites (N-methyl/N-ethyl adjacent to an activating group) is 1. The Morgan fingerprint density at radius 3 is 2.44 bits per heavy atom. The fraction of sp³-hybridized carbons (Fsp3) is 0.294. The minimum Gasteiger partial charge on any atom is -0.368 e. The van der Waals surface area contributed by atoms with E-state index in [4.69, 9.17) is 22.3 Å². The van der Waals surface area contributed by atoms with Crippen LogP contribution >= 0.6 is 11.6 Å². The van der Waals surface area contributed by atoms with Gasteiger partial charge in [-0.25, -0.2) is 9.97 Å². The average molecular weight is 356 g/mol. The van der Waals surface area contributed by atoms with Gasteiger partial charge >= 0.3 is 0 Å². The molecule has 1 aliphatic heterocycles. The lowest BCUT2D eigenvalue weighted by Gasteiger charge is -2.33. The van der Waals surface area contributed by atoms with Crippen molar-refractivity contribution < 1.29 is 0 Å². The van der Waals surface area contributed by atoms with Crippen LogP contribution in [0.4, 0.5) is 11.8 Å². The molecular formula is C17H18ClN7. The molecule has 8 heteroatoms. The molecule has 0 unspecified atom stereocenters. The lowest BCUT2D eigenvalue weighted by molar-refractivity contribution is 0.312. The van der Waals surface area contributed by atoms with Crippen molar-refractivity contribution in [2.45, 2.75) is 0 Å². The number of fused-ring (bicyclic) bond motifs is 1. The largest absolute Gasteiger partial charge is 0.368 e. The number of piperazine rings is 1. The molecule has 0 amide bonds. The van der Waals surface area contributed by atoms with Gasteiger partial charge < -0.3 is 15.5 Å². The molecule has 4 rings (SSSR count). The van der Waals surface area contributed by atoms with Gasteiger partial charge in [0.05, 0.1) is 11.9 Å². The molecule has 1 fully saturated rings. The van der Waals surface area contributed by atoms with Gasteiger partial charge in [-0.2, -0.15) is 9.97 Å². The first-order valence-electron chi connectivity index (χ1n) is 8.10. The van der Waals surface area contributed by atoms with Crippen molar-refractivity contribution in [2.75, 3.05) is 43.9 Å². The van der Waals surface area contributed by atoms with E-state index in [9.17, 15) is 0 Å². The summed E-state index contributed by atoms with van der Waals surface area (Å²) in [6.07, 6.45) is 1.70. The molecule has 1 saturated heterocycles. The fourth-order valence-electron chi connectivity index (χ4n) is 2.91. The van der Waals surface area contributed by atoms with Crippen LogP contribution in [0.3, 0.4) is 0 Å². The summed E-state index contributed by atoms with van der Waals surface area (Å²) in [6, 6.07) is 7.52. The van der Waals surface area contributed by atoms with Crippen molar-refractivity contribution >= 4 is 34.5 Å².